The van der Waals surface area contributed by atoms with Gasteiger partial charge in [-0.1, -0.05) is 11.6 Å². The second kappa shape index (κ2) is 5.16. The van der Waals surface area contributed by atoms with Gasteiger partial charge >= 0.3 is 0 Å². The molecule has 2 heterocycles. The lowest BCUT2D eigenvalue weighted by Crippen LogP contribution is -2.29. The van der Waals surface area contributed by atoms with Gasteiger partial charge in [0, 0.05) is 6.04 Å². The Balaban J connectivity index is 2.19. The average molecular weight is 287 g/mol. The number of hydrogen-bond donors (Lipinski definition) is 1. The lowest BCUT2D eigenvalue weighted by Gasteiger charge is -2.05. The molecule has 0 spiro atoms. The van der Waals surface area contributed by atoms with Gasteiger partial charge in [-0.05, 0) is 26.0 Å². The first-order valence-electron chi connectivity index (χ1n) is 5.08. The summed E-state index contributed by atoms with van der Waals surface area (Å²) >= 11 is 8.70. The van der Waals surface area contributed by atoms with Crippen LogP contribution in [0.2, 0.25) is 4.34 Å². The topological polar surface area (TPSA) is 42.0 Å². The van der Waals surface area contributed by atoms with Gasteiger partial charge in [-0.3, -0.25) is 4.79 Å². The molecule has 0 bridgehead atoms. The fourth-order valence-corrected chi connectivity index (χ4v) is 3.18. The Morgan fingerprint density at radius 3 is 2.76 bits per heavy atom. The van der Waals surface area contributed by atoms with Crippen LogP contribution < -0.4 is 5.32 Å². The summed E-state index contributed by atoms with van der Waals surface area (Å²) in [7, 11) is 0. The second-order valence-corrected chi connectivity index (χ2v) is 6.51. The molecule has 0 saturated heterocycles. The number of hydrogen-bond acceptors (Lipinski definition) is 4. The number of nitrogens with one attached hydrogen (secondary N) is 1. The van der Waals surface area contributed by atoms with E-state index in [4.69, 9.17) is 11.6 Å². The molecule has 0 aromatic carbocycles. The molecule has 0 fully saturated rings. The van der Waals surface area contributed by atoms with Gasteiger partial charge in [0.1, 0.15) is 9.88 Å². The zero-order chi connectivity index (χ0) is 12.4. The van der Waals surface area contributed by atoms with Crippen LogP contribution in [0.5, 0.6) is 0 Å². The van der Waals surface area contributed by atoms with Crippen LogP contribution in [0.25, 0.3) is 9.88 Å². The summed E-state index contributed by atoms with van der Waals surface area (Å²) in [5, 5.41) is 3.67. The molecule has 0 radical (unpaired) electrons. The summed E-state index contributed by atoms with van der Waals surface area (Å²) in [4.78, 5) is 17.6. The van der Waals surface area contributed by atoms with Crippen LogP contribution in [0.4, 0.5) is 0 Å². The number of rotatable bonds is 3. The Kier molecular flexibility index (Phi) is 3.81. The minimum absolute atomic E-state index is 0.0774. The third-order valence-electron chi connectivity index (χ3n) is 1.93. The van der Waals surface area contributed by atoms with E-state index >= 15 is 0 Å². The lowest BCUT2D eigenvalue weighted by molar-refractivity contribution is 0.0947. The van der Waals surface area contributed by atoms with Crippen molar-refractivity contribution in [3.63, 3.8) is 0 Å². The molecule has 1 N–H and O–H groups in total. The predicted molar refractivity (Wildman–Crippen MR) is 73.0 cm³/mol. The quantitative estimate of drug-likeness (QED) is 0.935. The van der Waals surface area contributed by atoms with Crippen LogP contribution in [0.15, 0.2) is 18.3 Å². The normalized spacial score (nSPS) is 10.8. The van der Waals surface area contributed by atoms with E-state index in [0.29, 0.717) is 4.88 Å². The molecule has 6 heteroatoms. The van der Waals surface area contributed by atoms with Gasteiger partial charge in [-0.25, -0.2) is 4.98 Å². The zero-order valence-electron chi connectivity index (χ0n) is 9.36. The third kappa shape index (κ3) is 3.06. The van der Waals surface area contributed by atoms with E-state index in [1.165, 1.54) is 22.7 Å². The van der Waals surface area contributed by atoms with Crippen LogP contribution >= 0.6 is 34.3 Å². The number of amides is 1. The monoisotopic (exact) mass is 286 g/mol. The minimum atomic E-state index is -0.0774. The van der Waals surface area contributed by atoms with Crippen molar-refractivity contribution >= 4 is 40.2 Å². The van der Waals surface area contributed by atoms with Crippen LogP contribution in [-0.4, -0.2) is 16.9 Å². The molecule has 0 atom stereocenters. The van der Waals surface area contributed by atoms with Crippen LogP contribution in [0.1, 0.15) is 23.5 Å². The Morgan fingerprint density at radius 2 is 2.18 bits per heavy atom. The first-order valence-corrected chi connectivity index (χ1v) is 7.10. The molecule has 3 nitrogen and oxygen atoms in total. The zero-order valence-corrected chi connectivity index (χ0v) is 11.7. The molecule has 17 heavy (non-hydrogen) atoms. The molecule has 2 aromatic rings. The van der Waals surface area contributed by atoms with Crippen molar-refractivity contribution in [1.82, 2.24) is 10.3 Å². The highest BCUT2D eigenvalue weighted by Gasteiger charge is 2.13. The maximum absolute atomic E-state index is 11.7. The molecule has 0 saturated carbocycles. The van der Waals surface area contributed by atoms with E-state index in [2.05, 4.69) is 10.3 Å². The third-order valence-corrected chi connectivity index (χ3v) is 4.33. The summed E-state index contributed by atoms with van der Waals surface area (Å²) < 4.78 is 0.725. The van der Waals surface area contributed by atoms with Gasteiger partial charge in [-0.15, -0.1) is 22.7 Å². The Bertz CT molecular complexity index is 533. The Hall–Kier alpha value is -0.910. The fraction of sp³-hybridized carbons (Fsp3) is 0.273. The number of thiophene rings is 1. The maximum atomic E-state index is 11.7. The standard InChI is InChI=1S/C11H11ClN2OS2/c1-6(2)14-10(15)8-5-13-11(17-8)7-3-4-9(12)16-7/h3-6H,1-2H3,(H,14,15). The average Bonchev–Trinajstić information content (AvgIpc) is 2.84. The highest BCUT2D eigenvalue weighted by Crippen LogP contribution is 2.33. The maximum Gasteiger partial charge on any atom is 0.263 e. The van der Waals surface area contributed by atoms with E-state index in [1.54, 1.807) is 6.20 Å². The van der Waals surface area contributed by atoms with Crippen LogP contribution in [0, 0.1) is 0 Å². The smallest absolute Gasteiger partial charge is 0.263 e. The minimum Gasteiger partial charge on any atom is -0.349 e. The SMILES string of the molecule is CC(C)NC(=O)c1cnc(-c2ccc(Cl)s2)s1. The summed E-state index contributed by atoms with van der Waals surface area (Å²) in [5.74, 6) is -0.0774. The van der Waals surface area contributed by atoms with Crippen LogP contribution in [-0.2, 0) is 0 Å². The summed E-state index contributed by atoms with van der Waals surface area (Å²) in [5.41, 5.74) is 0. The molecule has 0 unspecified atom stereocenters. The highest BCUT2D eigenvalue weighted by molar-refractivity contribution is 7.24. The lowest BCUT2D eigenvalue weighted by atomic mass is 10.4. The molecule has 0 aliphatic carbocycles. The number of thiazole rings is 1. The van der Waals surface area contributed by atoms with Crippen molar-refractivity contribution in [2.24, 2.45) is 0 Å². The van der Waals surface area contributed by atoms with E-state index < -0.39 is 0 Å². The molecule has 90 valence electrons. The van der Waals surface area contributed by atoms with Gasteiger partial charge in [0.15, 0.2) is 0 Å². The Labute approximate surface area is 112 Å². The molecule has 2 aromatic heterocycles. The number of nitrogens with zero attached hydrogens (tertiary/aromatic N) is 1. The van der Waals surface area contributed by atoms with Crippen molar-refractivity contribution in [3.05, 3.63) is 27.5 Å². The largest absolute Gasteiger partial charge is 0.349 e. The van der Waals surface area contributed by atoms with E-state index in [9.17, 15) is 4.79 Å². The molecule has 2 rings (SSSR count). The molecule has 0 aliphatic rings. The van der Waals surface area contributed by atoms with Crippen molar-refractivity contribution in [2.75, 3.05) is 0 Å². The number of carbonyl (C=O) groups is 1. The van der Waals surface area contributed by atoms with Crippen molar-refractivity contribution < 1.29 is 4.79 Å². The first-order chi connectivity index (χ1) is 8.06. The number of carbonyl (C=O) groups excluding carboxylic acids is 1. The van der Waals surface area contributed by atoms with Crippen molar-refractivity contribution in [2.45, 2.75) is 19.9 Å². The molecular weight excluding hydrogens is 276 g/mol. The van der Waals surface area contributed by atoms with E-state index in [-0.39, 0.29) is 11.9 Å². The summed E-state index contributed by atoms with van der Waals surface area (Å²) in [6, 6.07) is 3.87. The number of halogens is 1. The van der Waals surface area contributed by atoms with Gasteiger partial charge in [-0.2, -0.15) is 0 Å². The van der Waals surface area contributed by atoms with Crippen LogP contribution in [0.3, 0.4) is 0 Å². The fourth-order valence-electron chi connectivity index (χ4n) is 1.26. The van der Waals surface area contributed by atoms with Gasteiger partial charge in [0.05, 0.1) is 15.4 Å². The molecule has 0 aliphatic heterocycles. The highest BCUT2D eigenvalue weighted by atomic mass is 35.5. The summed E-state index contributed by atoms with van der Waals surface area (Å²) in [6.07, 6.45) is 1.60. The second-order valence-electron chi connectivity index (χ2n) is 3.76. The van der Waals surface area contributed by atoms with Crippen molar-refractivity contribution in [1.29, 1.82) is 0 Å². The molecular formula is C11H11ClN2OS2. The predicted octanol–water partition coefficient (Wildman–Crippen LogP) is 3.66. The number of aromatic nitrogens is 1. The van der Waals surface area contributed by atoms with Gasteiger partial charge in [0.25, 0.3) is 5.91 Å². The van der Waals surface area contributed by atoms with E-state index in [1.807, 2.05) is 26.0 Å². The molecule has 1 amide bonds. The van der Waals surface area contributed by atoms with Gasteiger partial charge < -0.3 is 5.32 Å². The van der Waals surface area contributed by atoms with Crippen molar-refractivity contribution in [3.8, 4) is 9.88 Å². The first kappa shape index (κ1) is 12.5. The summed E-state index contributed by atoms with van der Waals surface area (Å²) in [6.45, 7) is 3.86. The van der Waals surface area contributed by atoms with Gasteiger partial charge in [0.2, 0.25) is 0 Å². The Morgan fingerprint density at radius 1 is 1.41 bits per heavy atom. The van der Waals surface area contributed by atoms with E-state index in [0.717, 1.165) is 14.2 Å².